The van der Waals surface area contributed by atoms with E-state index in [1.165, 1.54) is 11.9 Å². The monoisotopic (exact) mass is 407 g/mol. The van der Waals surface area contributed by atoms with Crippen molar-refractivity contribution in [3.8, 4) is 5.69 Å². The molecule has 1 fully saturated rings. The first kappa shape index (κ1) is 20.0. The van der Waals surface area contributed by atoms with Gasteiger partial charge in [-0.25, -0.2) is 9.48 Å². The van der Waals surface area contributed by atoms with Crippen LogP contribution in [0.3, 0.4) is 0 Å². The number of morpholine rings is 1. The predicted molar refractivity (Wildman–Crippen MR) is 112 cm³/mol. The highest BCUT2D eigenvalue weighted by atomic mass is 16.5. The Morgan fingerprint density at radius 3 is 2.80 bits per heavy atom. The number of carbonyl (C=O) groups is 1. The number of anilines is 1. The fraction of sp³-hybridized carbons (Fsp3) is 0.333. The highest BCUT2D eigenvalue weighted by Crippen LogP contribution is 2.13. The maximum Gasteiger partial charge on any atom is 0.319 e. The second-order valence-corrected chi connectivity index (χ2v) is 7.35. The highest BCUT2D eigenvalue weighted by Gasteiger charge is 2.16. The molecule has 1 atom stereocenters. The van der Waals surface area contributed by atoms with E-state index in [9.17, 15) is 4.79 Å². The molecule has 2 N–H and O–H groups in total. The minimum Gasteiger partial charge on any atom is -0.376 e. The molecule has 1 saturated heterocycles. The number of aromatic nitrogens is 4. The smallest absolute Gasteiger partial charge is 0.319 e. The molecule has 1 aliphatic heterocycles. The molecule has 1 aliphatic rings. The summed E-state index contributed by atoms with van der Waals surface area (Å²) >= 11 is 0. The van der Waals surface area contributed by atoms with Gasteiger partial charge in [-0.15, -0.1) is 5.10 Å². The van der Waals surface area contributed by atoms with Crippen molar-refractivity contribution in [3.05, 3.63) is 66.0 Å². The molecule has 2 heterocycles. The van der Waals surface area contributed by atoms with Crippen LogP contribution in [0.4, 0.5) is 10.5 Å². The number of nitrogens with one attached hydrogen (secondary N) is 2. The Morgan fingerprint density at radius 2 is 2.03 bits per heavy atom. The van der Waals surface area contributed by atoms with Crippen LogP contribution in [0.25, 0.3) is 5.69 Å². The quantitative estimate of drug-likeness (QED) is 0.650. The van der Waals surface area contributed by atoms with E-state index >= 15 is 0 Å². The number of urea groups is 1. The van der Waals surface area contributed by atoms with Gasteiger partial charge < -0.3 is 15.4 Å². The first-order chi connectivity index (χ1) is 14.7. The number of amides is 2. The fourth-order valence-electron chi connectivity index (χ4n) is 3.47. The number of ether oxygens (including phenoxy) is 1. The summed E-state index contributed by atoms with van der Waals surface area (Å²) in [5.41, 5.74) is 3.82. The van der Waals surface area contributed by atoms with Gasteiger partial charge in [-0.05, 0) is 52.7 Å². The maximum atomic E-state index is 12.3. The third kappa shape index (κ3) is 5.40. The zero-order valence-electron chi connectivity index (χ0n) is 16.9. The summed E-state index contributed by atoms with van der Waals surface area (Å²) in [5, 5.41) is 16.8. The lowest BCUT2D eigenvalue weighted by Gasteiger charge is -2.31. The molecule has 3 aromatic rings. The van der Waals surface area contributed by atoms with E-state index in [0.717, 1.165) is 37.5 Å². The summed E-state index contributed by atoms with van der Waals surface area (Å²) in [7, 11) is 0. The molecule has 0 radical (unpaired) electrons. The predicted octanol–water partition coefficient (Wildman–Crippen LogP) is 2.20. The van der Waals surface area contributed by atoms with Crippen molar-refractivity contribution < 1.29 is 9.53 Å². The molecule has 30 heavy (non-hydrogen) atoms. The van der Waals surface area contributed by atoms with E-state index in [0.29, 0.717) is 12.2 Å². The molecule has 9 heteroatoms. The summed E-state index contributed by atoms with van der Waals surface area (Å²) in [6.07, 6.45) is 1.79. The molecule has 4 rings (SSSR count). The van der Waals surface area contributed by atoms with Crippen molar-refractivity contribution in [2.45, 2.75) is 26.1 Å². The Kier molecular flexibility index (Phi) is 6.31. The second kappa shape index (κ2) is 9.47. The standard InChI is InChI=1S/C21H25N7O2/c1-16-13-27(9-10-30-16)14-18-4-2-3-17(11-18)12-22-21(29)24-19-5-7-20(8-6-19)28-15-23-25-26-28/h2-8,11,15-16H,9-10,12-14H2,1H3,(H2,22,24,29). The maximum absolute atomic E-state index is 12.3. The van der Waals surface area contributed by atoms with Crippen LogP contribution in [0.2, 0.25) is 0 Å². The van der Waals surface area contributed by atoms with E-state index < -0.39 is 0 Å². The topological polar surface area (TPSA) is 97.2 Å². The molecule has 9 nitrogen and oxygen atoms in total. The van der Waals surface area contributed by atoms with Crippen molar-refractivity contribution in [2.24, 2.45) is 0 Å². The lowest BCUT2D eigenvalue weighted by Crippen LogP contribution is -2.40. The van der Waals surface area contributed by atoms with Gasteiger partial charge in [0.2, 0.25) is 0 Å². The third-order valence-electron chi connectivity index (χ3n) is 4.91. The zero-order chi connectivity index (χ0) is 20.8. The first-order valence-corrected chi connectivity index (χ1v) is 9.96. The van der Waals surface area contributed by atoms with Crippen LogP contribution in [-0.4, -0.2) is 56.9 Å². The molecule has 156 valence electrons. The summed E-state index contributed by atoms with van der Waals surface area (Å²) < 4.78 is 7.15. The van der Waals surface area contributed by atoms with Crippen LogP contribution in [0, 0.1) is 0 Å². The number of tetrazole rings is 1. The van der Waals surface area contributed by atoms with Gasteiger partial charge in [0.1, 0.15) is 6.33 Å². The molecule has 0 aliphatic carbocycles. The van der Waals surface area contributed by atoms with Gasteiger partial charge in [0.25, 0.3) is 0 Å². The average Bonchev–Trinajstić information content (AvgIpc) is 3.28. The molecule has 1 unspecified atom stereocenters. The van der Waals surface area contributed by atoms with Gasteiger partial charge >= 0.3 is 6.03 Å². The Labute approximate surface area is 175 Å². The SMILES string of the molecule is CC1CN(Cc2cccc(CNC(=O)Nc3ccc(-n4cnnn4)cc3)c2)CCO1. The van der Waals surface area contributed by atoms with Crippen LogP contribution in [0.15, 0.2) is 54.9 Å². The second-order valence-electron chi connectivity index (χ2n) is 7.35. The number of hydrogen-bond acceptors (Lipinski definition) is 6. The van der Waals surface area contributed by atoms with Crippen molar-refractivity contribution >= 4 is 11.7 Å². The molecule has 1 aromatic heterocycles. The van der Waals surface area contributed by atoms with Gasteiger partial charge in [-0.2, -0.15) is 0 Å². The van der Waals surface area contributed by atoms with Crippen LogP contribution in [0.5, 0.6) is 0 Å². The summed E-state index contributed by atoms with van der Waals surface area (Å²) in [4.78, 5) is 14.7. The lowest BCUT2D eigenvalue weighted by atomic mass is 10.1. The van der Waals surface area contributed by atoms with Crippen LogP contribution >= 0.6 is 0 Å². The third-order valence-corrected chi connectivity index (χ3v) is 4.91. The van der Waals surface area contributed by atoms with Crippen molar-refractivity contribution in [1.29, 1.82) is 0 Å². The Morgan fingerprint density at radius 1 is 1.20 bits per heavy atom. The largest absolute Gasteiger partial charge is 0.376 e. The van der Waals surface area contributed by atoms with Crippen LogP contribution in [0.1, 0.15) is 18.1 Å². The lowest BCUT2D eigenvalue weighted by molar-refractivity contribution is -0.0212. The average molecular weight is 407 g/mol. The van der Waals surface area contributed by atoms with Crippen LogP contribution < -0.4 is 10.6 Å². The molecule has 0 bridgehead atoms. The van der Waals surface area contributed by atoms with E-state index in [1.54, 1.807) is 16.8 Å². The number of rotatable bonds is 6. The molecule has 0 spiro atoms. The van der Waals surface area contributed by atoms with Gasteiger partial charge in [-0.1, -0.05) is 24.3 Å². The van der Waals surface area contributed by atoms with Gasteiger partial charge in [-0.3, -0.25) is 4.90 Å². The summed E-state index contributed by atoms with van der Waals surface area (Å²) in [5.74, 6) is 0. The van der Waals surface area contributed by atoms with Crippen molar-refractivity contribution in [3.63, 3.8) is 0 Å². The first-order valence-electron chi connectivity index (χ1n) is 9.96. The van der Waals surface area contributed by atoms with E-state index in [-0.39, 0.29) is 12.1 Å². The van der Waals surface area contributed by atoms with E-state index in [1.807, 2.05) is 24.3 Å². The normalized spacial score (nSPS) is 16.9. The fourth-order valence-corrected chi connectivity index (χ4v) is 3.47. The zero-order valence-corrected chi connectivity index (χ0v) is 16.9. The number of nitrogens with zero attached hydrogens (tertiary/aromatic N) is 5. The Hall–Kier alpha value is -3.30. The number of carbonyl (C=O) groups excluding carboxylic acids is 1. The molecule has 2 aromatic carbocycles. The molecule has 2 amide bonds. The van der Waals surface area contributed by atoms with Gasteiger partial charge in [0, 0.05) is 31.9 Å². The Balaban J connectivity index is 1.27. The van der Waals surface area contributed by atoms with Crippen LogP contribution in [-0.2, 0) is 17.8 Å². The highest BCUT2D eigenvalue weighted by molar-refractivity contribution is 5.89. The van der Waals surface area contributed by atoms with Crippen molar-refractivity contribution in [1.82, 2.24) is 30.4 Å². The summed E-state index contributed by atoms with van der Waals surface area (Å²) in [6.45, 7) is 6.12. The van der Waals surface area contributed by atoms with E-state index in [2.05, 4.69) is 50.1 Å². The van der Waals surface area contributed by atoms with Gasteiger partial charge in [0.15, 0.2) is 0 Å². The molecular weight excluding hydrogens is 382 g/mol. The number of hydrogen-bond donors (Lipinski definition) is 2. The minimum absolute atomic E-state index is 0.252. The number of benzene rings is 2. The summed E-state index contributed by atoms with van der Waals surface area (Å²) in [6, 6.07) is 15.3. The van der Waals surface area contributed by atoms with Crippen molar-refractivity contribution in [2.75, 3.05) is 25.0 Å². The van der Waals surface area contributed by atoms with E-state index in [4.69, 9.17) is 4.74 Å². The molecular formula is C21H25N7O2. The molecule has 0 saturated carbocycles. The van der Waals surface area contributed by atoms with Gasteiger partial charge in [0.05, 0.1) is 18.4 Å². The minimum atomic E-state index is -0.252. The Bertz CT molecular complexity index is 960.